The molecule has 0 aliphatic rings. The third kappa shape index (κ3) is 6.73. The lowest BCUT2D eigenvalue weighted by Crippen LogP contribution is -2.21. The average molecular weight is 391 g/mol. The Labute approximate surface area is 168 Å². The molecule has 3 rings (SSSR count). The Kier molecular flexibility index (Phi) is 6.89. The van der Waals surface area contributed by atoms with Crippen LogP contribution >= 0.6 is 0 Å². The van der Waals surface area contributed by atoms with Gasteiger partial charge in [-0.15, -0.1) is 0 Å². The fraction of sp³-hybridized carbons (Fsp3) is 0.182. The number of esters is 1. The highest BCUT2D eigenvalue weighted by Gasteiger charge is 2.09. The van der Waals surface area contributed by atoms with Crippen molar-refractivity contribution < 1.29 is 19.1 Å². The zero-order valence-corrected chi connectivity index (χ0v) is 16.0. The van der Waals surface area contributed by atoms with E-state index >= 15 is 0 Å². The van der Waals surface area contributed by atoms with E-state index in [1.807, 2.05) is 31.2 Å². The molecule has 0 unspecified atom stereocenters. The van der Waals surface area contributed by atoms with Crippen molar-refractivity contribution in [1.82, 2.24) is 9.97 Å². The Morgan fingerprint density at radius 1 is 1.00 bits per heavy atom. The summed E-state index contributed by atoms with van der Waals surface area (Å²) in [5.74, 6) is 0.542. The summed E-state index contributed by atoms with van der Waals surface area (Å²) in [7, 11) is 0. The molecule has 0 saturated heterocycles. The number of benzene rings is 2. The van der Waals surface area contributed by atoms with Crippen molar-refractivity contribution in [1.29, 1.82) is 0 Å². The maximum absolute atomic E-state index is 12.0. The quantitative estimate of drug-likeness (QED) is 0.589. The molecule has 0 bridgehead atoms. The number of carbonyl (C=O) groups is 2. The molecule has 29 heavy (non-hydrogen) atoms. The summed E-state index contributed by atoms with van der Waals surface area (Å²) < 4.78 is 10.8. The first-order valence-corrected chi connectivity index (χ1v) is 9.12. The van der Waals surface area contributed by atoms with Crippen LogP contribution in [0.4, 0.5) is 5.69 Å². The third-order valence-electron chi connectivity index (χ3n) is 3.96. The molecule has 7 nitrogen and oxygen atoms in total. The monoisotopic (exact) mass is 391 g/mol. The molecular weight excluding hydrogens is 370 g/mol. The van der Waals surface area contributed by atoms with Crippen LogP contribution in [0, 0.1) is 6.92 Å². The van der Waals surface area contributed by atoms with Gasteiger partial charge in [-0.2, -0.15) is 0 Å². The molecule has 7 heteroatoms. The van der Waals surface area contributed by atoms with Gasteiger partial charge >= 0.3 is 5.97 Å². The largest absolute Gasteiger partial charge is 0.457 e. The first-order valence-electron chi connectivity index (χ1n) is 9.12. The molecule has 0 aliphatic carbocycles. The van der Waals surface area contributed by atoms with Crippen molar-refractivity contribution in [3.8, 4) is 11.5 Å². The number of anilines is 1. The molecule has 3 aromatic rings. The molecule has 0 saturated carbocycles. The lowest BCUT2D eigenvalue weighted by atomic mass is 10.2. The van der Waals surface area contributed by atoms with Crippen LogP contribution in [0.3, 0.4) is 0 Å². The Hall–Kier alpha value is -3.74. The minimum Gasteiger partial charge on any atom is -0.457 e. The molecule has 1 heterocycles. The smallest absolute Gasteiger partial charge is 0.306 e. The number of carbonyl (C=O) groups excluding carboxylic acids is 2. The predicted molar refractivity (Wildman–Crippen MR) is 108 cm³/mol. The van der Waals surface area contributed by atoms with Crippen molar-refractivity contribution in [3.05, 3.63) is 78.4 Å². The van der Waals surface area contributed by atoms with Gasteiger partial charge in [0.05, 0.1) is 0 Å². The number of amides is 1. The van der Waals surface area contributed by atoms with Gasteiger partial charge in [0.15, 0.2) is 6.61 Å². The minimum atomic E-state index is -0.453. The van der Waals surface area contributed by atoms with Gasteiger partial charge in [0, 0.05) is 24.5 Å². The molecule has 0 atom stereocenters. The Morgan fingerprint density at radius 2 is 1.76 bits per heavy atom. The van der Waals surface area contributed by atoms with Crippen LogP contribution < -0.4 is 10.1 Å². The van der Waals surface area contributed by atoms with Gasteiger partial charge in [0.2, 0.25) is 0 Å². The van der Waals surface area contributed by atoms with E-state index in [1.54, 1.807) is 36.7 Å². The van der Waals surface area contributed by atoms with Crippen molar-refractivity contribution in [2.24, 2.45) is 0 Å². The van der Waals surface area contributed by atoms with Crippen LogP contribution in [0.15, 0.2) is 67.3 Å². The van der Waals surface area contributed by atoms with Crippen molar-refractivity contribution in [2.45, 2.75) is 19.8 Å². The van der Waals surface area contributed by atoms with E-state index in [0.717, 1.165) is 16.9 Å². The highest BCUT2D eigenvalue weighted by atomic mass is 16.5. The molecule has 1 amide bonds. The number of aryl methyl sites for hydroxylation is 2. The molecule has 0 aliphatic heterocycles. The maximum atomic E-state index is 12.0. The zero-order valence-electron chi connectivity index (χ0n) is 16.0. The summed E-state index contributed by atoms with van der Waals surface area (Å²) in [5.41, 5.74) is 2.53. The topological polar surface area (TPSA) is 90.4 Å². The van der Waals surface area contributed by atoms with Crippen LogP contribution in [0.1, 0.15) is 17.5 Å². The molecule has 1 N–H and O–H groups in total. The molecular formula is C22H21N3O4. The fourth-order valence-corrected chi connectivity index (χ4v) is 2.54. The molecule has 1 aromatic heterocycles. The standard InChI is InChI=1S/C22H21N3O4/c1-16-3-2-4-20(11-16)29-19-8-6-18(7-9-19)25-21(26)14-28-22(27)10-5-17-12-23-15-24-13-17/h2-4,6-9,11-13,15H,5,10,14H2,1H3,(H,25,26). The number of ether oxygens (including phenoxy) is 2. The van der Waals surface area contributed by atoms with Gasteiger partial charge in [0.1, 0.15) is 17.8 Å². The van der Waals surface area contributed by atoms with Crippen LogP contribution in [0.25, 0.3) is 0 Å². The SMILES string of the molecule is Cc1cccc(Oc2ccc(NC(=O)COC(=O)CCc3cncnc3)cc2)c1. The molecule has 0 spiro atoms. The number of nitrogens with one attached hydrogen (secondary N) is 1. The fourth-order valence-electron chi connectivity index (χ4n) is 2.54. The highest BCUT2D eigenvalue weighted by molar-refractivity contribution is 5.92. The highest BCUT2D eigenvalue weighted by Crippen LogP contribution is 2.23. The predicted octanol–water partition coefficient (Wildman–Crippen LogP) is 3.69. The zero-order chi connectivity index (χ0) is 20.5. The summed E-state index contributed by atoms with van der Waals surface area (Å²) in [4.78, 5) is 31.5. The van der Waals surface area contributed by atoms with E-state index in [2.05, 4.69) is 15.3 Å². The lowest BCUT2D eigenvalue weighted by molar-refractivity contribution is -0.147. The summed E-state index contributed by atoms with van der Waals surface area (Å²) in [6.07, 6.45) is 5.32. The van der Waals surface area contributed by atoms with Crippen LogP contribution in [-0.2, 0) is 20.7 Å². The first-order chi connectivity index (χ1) is 14.1. The summed E-state index contributed by atoms with van der Waals surface area (Å²) in [6, 6.07) is 14.7. The Morgan fingerprint density at radius 3 is 2.48 bits per heavy atom. The summed E-state index contributed by atoms with van der Waals surface area (Å²) in [6.45, 7) is 1.65. The molecule has 148 valence electrons. The second-order valence-corrected chi connectivity index (χ2v) is 6.40. The van der Waals surface area contributed by atoms with Crippen LogP contribution in [-0.4, -0.2) is 28.5 Å². The van der Waals surface area contributed by atoms with Crippen molar-refractivity contribution in [2.75, 3.05) is 11.9 Å². The second-order valence-electron chi connectivity index (χ2n) is 6.40. The third-order valence-corrected chi connectivity index (χ3v) is 3.96. The normalized spacial score (nSPS) is 10.2. The van der Waals surface area contributed by atoms with Crippen molar-refractivity contribution >= 4 is 17.6 Å². The summed E-state index contributed by atoms with van der Waals surface area (Å²) in [5, 5.41) is 2.68. The number of aromatic nitrogens is 2. The number of hydrogen-bond acceptors (Lipinski definition) is 6. The van der Waals surface area contributed by atoms with Gasteiger partial charge in [0.25, 0.3) is 5.91 Å². The van der Waals surface area contributed by atoms with Gasteiger partial charge in [-0.1, -0.05) is 12.1 Å². The van der Waals surface area contributed by atoms with E-state index in [4.69, 9.17) is 9.47 Å². The molecule has 0 fully saturated rings. The van der Waals surface area contributed by atoms with E-state index in [9.17, 15) is 9.59 Å². The van der Waals surface area contributed by atoms with E-state index < -0.39 is 11.9 Å². The minimum absolute atomic E-state index is 0.158. The number of hydrogen-bond donors (Lipinski definition) is 1. The van der Waals surface area contributed by atoms with Gasteiger partial charge in [-0.3, -0.25) is 9.59 Å². The average Bonchev–Trinajstić information content (AvgIpc) is 2.73. The van der Waals surface area contributed by atoms with E-state index in [0.29, 0.717) is 17.9 Å². The first kappa shape index (κ1) is 20.0. The number of nitrogens with zero attached hydrogens (tertiary/aromatic N) is 2. The molecule has 0 radical (unpaired) electrons. The maximum Gasteiger partial charge on any atom is 0.306 e. The van der Waals surface area contributed by atoms with Crippen molar-refractivity contribution in [3.63, 3.8) is 0 Å². The number of rotatable bonds is 8. The lowest BCUT2D eigenvalue weighted by Gasteiger charge is -2.09. The van der Waals surface area contributed by atoms with Gasteiger partial charge in [-0.05, 0) is 60.9 Å². The second kappa shape index (κ2) is 9.98. The van der Waals surface area contributed by atoms with Crippen LogP contribution in [0.2, 0.25) is 0 Å². The van der Waals surface area contributed by atoms with Crippen LogP contribution in [0.5, 0.6) is 11.5 Å². The van der Waals surface area contributed by atoms with E-state index in [1.165, 1.54) is 6.33 Å². The Balaban J connectivity index is 1.41. The van der Waals surface area contributed by atoms with Gasteiger partial charge < -0.3 is 14.8 Å². The van der Waals surface area contributed by atoms with E-state index in [-0.39, 0.29) is 13.0 Å². The summed E-state index contributed by atoms with van der Waals surface area (Å²) >= 11 is 0. The molecule has 2 aromatic carbocycles. The Bertz CT molecular complexity index is 959. The van der Waals surface area contributed by atoms with Gasteiger partial charge in [-0.25, -0.2) is 9.97 Å².